The van der Waals surface area contributed by atoms with Crippen molar-refractivity contribution in [1.82, 2.24) is 9.88 Å². The highest BCUT2D eigenvalue weighted by Crippen LogP contribution is 2.41. The van der Waals surface area contributed by atoms with Crippen molar-refractivity contribution in [2.75, 3.05) is 46.6 Å². The fraction of sp³-hybridized carbons (Fsp3) is 0.433. The average molecular weight is 507 g/mol. The number of fused-ring (bicyclic) bond motifs is 1. The lowest BCUT2D eigenvalue weighted by atomic mass is 9.79. The van der Waals surface area contributed by atoms with Gasteiger partial charge in [0.25, 0.3) is 0 Å². The van der Waals surface area contributed by atoms with Gasteiger partial charge in [-0.1, -0.05) is 38.1 Å². The van der Waals surface area contributed by atoms with E-state index in [-0.39, 0.29) is 11.2 Å². The number of likely N-dealkylation sites (tertiary alicyclic amines) is 1. The molecule has 2 fully saturated rings. The van der Waals surface area contributed by atoms with Gasteiger partial charge in [-0.25, -0.2) is 9.37 Å². The Morgan fingerprint density at radius 2 is 1.76 bits per heavy atom. The Kier molecular flexibility index (Phi) is 7.36. The fourth-order valence-electron chi connectivity index (χ4n) is 5.56. The highest BCUT2D eigenvalue weighted by atomic mass is 19.1. The summed E-state index contributed by atoms with van der Waals surface area (Å²) >= 11 is 0. The minimum Gasteiger partial charge on any atom is -0.486 e. The van der Waals surface area contributed by atoms with Gasteiger partial charge in [0.15, 0.2) is 11.5 Å². The summed E-state index contributed by atoms with van der Waals surface area (Å²) in [6, 6.07) is 13.3. The molecule has 1 aromatic heterocycles. The normalized spacial score (nSPS) is 17.6. The maximum Gasteiger partial charge on any atom is 0.218 e. The molecule has 3 aliphatic rings. The Labute approximate surface area is 218 Å². The van der Waals surface area contributed by atoms with E-state index in [9.17, 15) is 0 Å². The molecule has 2 saturated heterocycles. The van der Waals surface area contributed by atoms with Crippen LogP contribution in [0.25, 0.3) is 22.4 Å². The minimum absolute atomic E-state index is 0.282. The lowest BCUT2D eigenvalue weighted by molar-refractivity contribution is -0.0128. The summed E-state index contributed by atoms with van der Waals surface area (Å²) in [5.41, 5.74) is 5.01. The monoisotopic (exact) mass is 506 g/mol. The number of aromatic nitrogens is 1. The quantitative estimate of drug-likeness (QED) is 0.430. The van der Waals surface area contributed by atoms with Crippen LogP contribution in [-0.4, -0.2) is 56.5 Å². The van der Waals surface area contributed by atoms with E-state index in [2.05, 4.69) is 9.88 Å². The van der Waals surface area contributed by atoms with E-state index >= 15 is 4.39 Å². The summed E-state index contributed by atoms with van der Waals surface area (Å²) < 4.78 is 38.0. The van der Waals surface area contributed by atoms with Gasteiger partial charge < -0.3 is 18.9 Å². The second-order valence-electron chi connectivity index (χ2n) is 9.77. The highest BCUT2D eigenvalue weighted by molar-refractivity contribution is 5.78. The van der Waals surface area contributed by atoms with E-state index in [4.69, 9.17) is 18.9 Å². The predicted molar refractivity (Wildman–Crippen MR) is 142 cm³/mol. The molecular formula is C30H35FN2O4. The maximum absolute atomic E-state index is 15.5. The van der Waals surface area contributed by atoms with Crippen molar-refractivity contribution in [3.8, 4) is 39.8 Å². The van der Waals surface area contributed by atoms with Crippen molar-refractivity contribution in [3.63, 3.8) is 0 Å². The highest BCUT2D eigenvalue weighted by Gasteiger charge is 2.45. The van der Waals surface area contributed by atoms with Crippen LogP contribution in [-0.2, 0) is 11.3 Å². The second kappa shape index (κ2) is 10.7. The average Bonchev–Trinajstić information content (AvgIpc) is 3.40. The maximum atomic E-state index is 15.5. The minimum atomic E-state index is -0.345. The first-order chi connectivity index (χ1) is 18.0. The molecule has 0 radical (unpaired) electrons. The van der Waals surface area contributed by atoms with E-state index in [1.54, 1.807) is 13.2 Å². The Morgan fingerprint density at radius 3 is 2.49 bits per heavy atom. The van der Waals surface area contributed by atoms with Crippen molar-refractivity contribution in [3.05, 3.63) is 59.4 Å². The van der Waals surface area contributed by atoms with Gasteiger partial charge in [0, 0.05) is 42.8 Å². The number of methoxy groups -OCH3 is 1. The third-order valence-corrected chi connectivity index (χ3v) is 7.35. The molecular weight excluding hydrogens is 471 g/mol. The predicted octanol–water partition coefficient (Wildman–Crippen LogP) is 5.89. The van der Waals surface area contributed by atoms with Crippen LogP contribution >= 0.6 is 0 Å². The number of halogens is 1. The molecule has 1 spiro atoms. The van der Waals surface area contributed by atoms with Crippen LogP contribution in [0.1, 0.15) is 31.4 Å². The summed E-state index contributed by atoms with van der Waals surface area (Å²) in [6.07, 6.45) is 1.10. The molecule has 3 aromatic rings. The molecule has 0 atom stereocenters. The van der Waals surface area contributed by atoms with Gasteiger partial charge in [0.05, 0.1) is 13.7 Å². The molecule has 0 saturated carbocycles. The van der Waals surface area contributed by atoms with Crippen LogP contribution in [0.15, 0.2) is 42.5 Å². The molecule has 7 heteroatoms. The van der Waals surface area contributed by atoms with Gasteiger partial charge in [-0.05, 0) is 48.2 Å². The molecule has 4 heterocycles. The largest absolute Gasteiger partial charge is 0.486 e. The number of benzene rings is 2. The molecule has 0 amide bonds. The summed E-state index contributed by atoms with van der Waals surface area (Å²) in [5, 5.41) is 0. The van der Waals surface area contributed by atoms with Crippen LogP contribution in [0.2, 0.25) is 0 Å². The van der Waals surface area contributed by atoms with Crippen molar-refractivity contribution >= 4 is 0 Å². The fourth-order valence-corrected chi connectivity index (χ4v) is 5.56. The summed E-state index contributed by atoms with van der Waals surface area (Å²) in [7, 11) is 1.59. The molecule has 37 heavy (non-hydrogen) atoms. The third-order valence-electron chi connectivity index (χ3n) is 7.35. The van der Waals surface area contributed by atoms with E-state index in [0.29, 0.717) is 31.3 Å². The second-order valence-corrected chi connectivity index (χ2v) is 9.77. The Hall–Kier alpha value is -3.16. The Morgan fingerprint density at radius 1 is 1.00 bits per heavy atom. The topological polar surface area (TPSA) is 53.0 Å². The van der Waals surface area contributed by atoms with Crippen molar-refractivity contribution < 1.29 is 23.3 Å². The van der Waals surface area contributed by atoms with Crippen LogP contribution in [0.3, 0.4) is 0 Å². The van der Waals surface area contributed by atoms with Gasteiger partial charge in [0.2, 0.25) is 5.88 Å². The molecule has 0 bridgehead atoms. The zero-order valence-corrected chi connectivity index (χ0v) is 22.1. The van der Waals surface area contributed by atoms with Crippen molar-refractivity contribution in [2.45, 2.75) is 33.7 Å². The first kappa shape index (κ1) is 25.5. The Balaban J connectivity index is 0.00000137. The van der Waals surface area contributed by atoms with Crippen molar-refractivity contribution in [1.29, 1.82) is 0 Å². The number of nitrogens with zero attached hydrogens (tertiary/aromatic N) is 2. The van der Waals surface area contributed by atoms with E-state index in [1.165, 1.54) is 0 Å². The molecule has 2 aromatic carbocycles. The Bertz CT molecular complexity index is 1260. The SMILES string of the molecule is CC.COc1nc(-c2cccc(-c3ccc4c(c3)OCCO4)c2C)c(F)cc1CN1CC2(CCOC2)C1. The molecule has 196 valence electrons. The number of ether oxygens (including phenoxy) is 4. The van der Waals surface area contributed by atoms with E-state index in [1.807, 2.05) is 57.2 Å². The molecule has 3 aliphatic heterocycles. The van der Waals surface area contributed by atoms with Crippen LogP contribution < -0.4 is 14.2 Å². The lowest BCUT2D eigenvalue weighted by Crippen LogP contribution is -2.56. The smallest absolute Gasteiger partial charge is 0.218 e. The summed E-state index contributed by atoms with van der Waals surface area (Å²) in [5.74, 6) is 1.60. The molecule has 0 unspecified atom stereocenters. The zero-order chi connectivity index (χ0) is 26.0. The van der Waals surface area contributed by atoms with Gasteiger partial charge in [0.1, 0.15) is 24.7 Å². The molecule has 6 rings (SSSR count). The molecule has 6 nitrogen and oxygen atoms in total. The standard InChI is InChI=1S/C28H29FN2O4.C2H6/c1-18-21(19-6-7-24-25(13-19)35-11-10-34-24)4-3-5-22(18)26-23(29)12-20(27(30-26)32-2)14-31-15-28(16-31)8-9-33-17-28;1-2/h3-7,12-13H,8-11,14-17H2,1-2H3;1-2H3. The molecule has 0 aliphatic carbocycles. The van der Waals surface area contributed by atoms with E-state index in [0.717, 1.165) is 72.0 Å². The van der Waals surface area contributed by atoms with Crippen LogP contribution in [0.5, 0.6) is 17.4 Å². The number of hydrogen-bond donors (Lipinski definition) is 0. The van der Waals surface area contributed by atoms with Gasteiger partial charge in [-0.3, -0.25) is 4.90 Å². The van der Waals surface area contributed by atoms with Gasteiger partial charge in [-0.15, -0.1) is 0 Å². The van der Waals surface area contributed by atoms with Crippen LogP contribution in [0, 0.1) is 18.2 Å². The van der Waals surface area contributed by atoms with Crippen LogP contribution in [0.4, 0.5) is 4.39 Å². The number of rotatable bonds is 5. The zero-order valence-electron chi connectivity index (χ0n) is 22.1. The number of hydrogen-bond acceptors (Lipinski definition) is 6. The summed E-state index contributed by atoms with van der Waals surface area (Å²) in [6.45, 7) is 11.3. The van der Waals surface area contributed by atoms with Gasteiger partial charge in [-0.2, -0.15) is 0 Å². The van der Waals surface area contributed by atoms with E-state index < -0.39 is 0 Å². The lowest BCUT2D eigenvalue weighted by Gasteiger charge is -2.47. The third kappa shape index (κ3) is 4.90. The van der Waals surface area contributed by atoms with Crippen molar-refractivity contribution in [2.24, 2.45) is 5.41 Å². The van der Waals surface area contributed by atoms with Gasteiger partial charge >= 0.3 is 0 Å². The molecule has 0 N–H and O–H groups in total. The first-order valence-corrected chi connectivity index (χ1v) is 13.1. The summed E-state index contributed by atoms with van der Waals surface area (Å²) in [4.78, 5) is 6.94. The first-order valence-electron chi connectivity index (χ1n) is 13.1. The number of pyridine rings is 1.